The van der Waals surface area contributed by atoms with E-state index in [4.69, 9.17) is 4.98 Å². The number of aryl methyl sites for hydroxylation is 1. The first-order valence-corrected chi connectivity index (χ1v) is 13.3. The minimum Gasteiger partial charge on any atom is -0.342 e. The zero-order valence-electron chi connectivity index (χ0n) is 21.0. The first-order valence-electron chi connectivity index (χ1n) is 13.3. The van der Waals surface area contributed by atoms with E-state index in [-0.39, 0.29) is 5.91 Å². The van der Waals surface area contributed by atoms with Crippen LogP contribution in [0, 0.1) is 12.8 Å². The number of amides is 1. The third-order valence-electron chi connectivity index (χ3n) is 9.20. The minimum atomic E-state index is 0.219. The average Bonchev–Trinajstić information content (AvgIpc) is 3.45. The van der Waals surface area contributed by atoms with Crippen molar-refractivity contribution in [1.29, 1.82) is 0 Å². The summed E-state index contributed by atoms with van der Waals surface area (Å²) in [5.74, 6) is 2.40. The van der Waals surface area contributed by atoms with E-state index >= 15 is 0 Å². The van der Waals surface area contributed by atoms with Crippen LogP contribution in [0.2, 0.25) is 0 Å². The van der Waals surface area contributed by atoms with Crippen LogP contribution >= 0.6 is 0 Å². The normalized spacial score (nSPS) is 31.7. The molecule has 1 unspecified atom stereocenters. The van der Waals surface area contributed by atoms with Crippen LogP contribution < -0.4 is 0 Å². The quantitative estimate of drug-likeness (QED) is 0.698. The van der Waals surface area contributed by atoms with Gasteiger partial charge in [0.2, 0.25) is 5.91 Å². The highest BCUT2D eigenvalue weighted by Gasteiger charge is 2.45. The second-order valence-corrected chi connectivity index (χ2v) is 11.3. The van der Waals surface area contributed by atoms with Gasteiger partial charge in [-0.15, -0.1) is 0 Å². The van der Waals surface area contributed by atoms with Crippen molar-refractivity contribution in [1.82, 2.24) is 24.3 Å². The maximum atomic E-state index is 12.2. The van der Waals surface area contributed by atoms with Crippen LogP contribution in [0.25, 0.3) is 0 Å². The van der Waals surface area contributed by atoms with Gasteiger partial charge in [-0.3, -0.25) is 9.69 Å². The lowest BCUT2D eigenvalue weighted by Crippen LogP contribution is -2.47. The molecule has 1 amide bonds. The number of rotatable bonds is 4. The minimum absolute atomic E-state index is 0.219. The summed E-state index contributed by atoms with van der Waals surface area (Å²) in [7, 11) is 2.20. The van der Waals surface area contributed by atoms with Gasteiger partial charge in [0.25, 0.3) is 0 Å². The molecule has 182 valence electrons. The predicted molar refractivity (Wildman–Crippen MR) is 134 cm³/mol. The molecule has 0 N–H and O–H groups in total. The standard InChI is InChI=1S/C28H39N5O/c1-19-29-27-18-30(3)12-11-28(27)33(19)25-13-23-9-10-24(14-25)32(23)16-22-15-31(20(2)34)17-26(22)21-7-5-4-6-8-21/h4-8,22-26H,9-18H2,1-3H3/t22-,23-,24+,25?,26-/m1/s1. The highest BCUT2D eigenvalue weighted by Crippen LogP contribution is 2.44. The third-order valence-corrected chi connectivity index (χ3v) is 9.20. The van der Waals surface area contributed by atoms with Crippen LogP contribution in [0.1, 0.15) is 67.3 Å². The molecule has 0 saturated carbocycles. The van der Waals surface area contributed by atoms with Crippen molar-refractivity contribution < 1.29 is 4.79 Å². The molecule has 6 heteroatoms. The molecule has 2 aromatic rings. The van der Waals surface area contributed by atoms with Crippen molar-refractivity contribution in [2.75, 3.05) is 33.2 Å². The second-order valence-electron chi connectivity index (χ2n) is 11.3. The molecule has 3 saturated heterocycles. The Labute approximate surface area is 203 Å². The van der Waals surface area contributed by atoms with E-state index in [0.29, 0.717) is 30.0 Å². The Kier molecular flexibility index (Phi) is 5.77. The Balaban J connectivity index is 1.20. The molecule has 0 spiro atoms. The third kappa shape index (κ3) is 3.89. The van der Waals surface area contributed by atoms with E-state index in [1.54, 1.807) is 6.92 Å². The van der Waals surface area contributed by atoms with Crippen molar-refractivity contribution in [2.45, 2.75) is 76.5 Å². The number of carbonyl (C=O) groups is 1. The number of imidazole rings is 1. The highest BCUT2D eigenvalue weighted by molar-refractivity contribution is 5.73. The Morgan fingerprint density at radius 1 is 1.06 bits per heavy atom. The molecule has 3 fully saturated rings. The number of likely N-dealkylation sites (N-methyl/N-ethyl adjacent to an activating group) is 1. The van der Waals surface area contributed by atoms with Gasteiger partial charge in [0, 0.05) is 75.8 Å². The molecule has 2 bridgehead atoms. The maximum absolute atomic E-state index is 12.2. The topological polar surface area (TPSA) is 44.6 Å². The maximum Gasteiger partial charge on any atom is 0.219 e. The molecule has 0 radical (unpaired) electrons. The van der Waals surface area contributed by atoms with Gasteiger partial charge in [0.1, 0.15) is 5.82 Å². The van der Waals surface area contributed by atoms with Gasteiger partial charge in [0.15, 0.2) is 0 Å². The van der Waals surface area contributed by atoms with E-state index in [1.807, 2.05) is 0 Å². The molecular weight excluding hydrogens is 422 g/mol. The van der Waals surface area contributed by atoms with Crippen molar-refractivity contribution in [3.63, 3.8) is 0 Å². The Morgan fingerprint density at radius 2 is 1.79 bits per heavy atom. The van der Waals surface area contributed by atoms with E-state index < -0.39 is 0 Å². The molecule has 6 rings (SSSR count). The van der Waals surface area contributed by atoms with Crippen LogP contribution in [-0.4, -0.2) is 75.5 Å². The SMILES string of the molecule is CC(=O)N1C[C@H](CN2[C@@H]3CC[C@H]2CC(n2c(C)nc4c2CCN(C)C4)C3)[C@@H](c2ccccc2)C1. The van der Waals surface area contributed by atoms with E-state index in [1.165, 1.54) is 48.5 Å². The molecular formula is C28H39N5O. The van der Waals surface area contributed by atoms with Crippen molar-refractivity contribution in [2.24, 2.45) is 5.92 Å². The zero-order valence-corrected chi connectivity index (χ0v) is 21.0. The van der Waals surface area contributed by atoms with Crippen LogP contribution in [0.3, 0.4) is 0 Å². The molecule has 4 aliphatic heterocycles. The van der Waals surface area contributed by atoms with Gasteiger partial charge in [0.05, 0.1) is 5.69 Å². The largest absolute Gasteiger partial charge is 0.342 e. The number of benzene rings is 1. The molecule has 4 aliphatic rings. The number of hydrogen-bond donors (Lipinski definition) is 0. The number of nitrogens with zero attached hydrogens (tertiary/aromatic N) is 5. The monoisotopic (exact) mass is 461 g/mol. The molecule has 34 heavy (non-hydrogen) atoms. The van der Waals surface area contributed by atoms with Gasteiger partial charge in [-0.2, -0.15) is 0 Å². The number of fused-ring (bicyclic) bond motifs is 3. The van der Waals surface area contributed by atoms with Gasteiger partial charge >= 0.3 is 0 Å². The molecule has 5 atom stereocenters. The molecule has 6 nitrogen and oxygen atoms in total. The van der Waals surface area contributed by atoms with E-state index in [2.05, 4.69) is 63.6 Å². The van der Waals surface area contributed by atoms with Gasteiger partial charge in [-0.05, 0) is 51.1 Å². The lowest BCUT2D eigenvalue weighted by molar-refractivity contribution is -0.128. The van der Waals surface area contributed by atoms with E-state index in [0.717, 1.165) is 39.1 Å². The fourth-order valence-corrected chi connectivity index (χ4v) is 7.57. The van der Waals surface area contributed by atoms with Gasteiger partial charge < -0.3 is 14.4 Å². The summed E-state index contributed by atoms with van der Waals surface area (Å²) in [6.45, 7) is 8.96. The average molecular weight is 462 g/mol. The van der Waals surface area contributed by atoms with Crippen LogP contribution in [0.15, 0.2) is 30.3 Å². The fourth-order valence-electron chi connectivity index (χ4n) is 7.57. The number of hydrogen-bond acceptors (Lipinski definition) is 4. The summed E-state index contributed by atoms with van der Waals surface area (Å²) >= 11 is 0. The number of carbonyl (C=O) groups excluding carboxylic acids is 1. The summed E-state index contributed by atoms with van der Waals surface area (Å²) in [4.78, 5) is 24.5. The first-order chi connectivity index (χ1) is 16.5. The summed E-state index contributed by atoms with van der Waals surface area (Å²) in [6, 6.07) is 12.8. The summed E-state index contributed by atoms with van der Waals surface area (Å²) in [6.07, 6.45) is 6.26. The summed E-state index contributed by atoms with van der Waals surface area (Å²) in [5, 5.41) is 0. The zero-order chi connectivity index (χ0) is 23.4. The fraction of sp³-hybridized carbons (Fsp3) is 0.643. The lowest BCUT2D eigenvalue weighted by Gasteiger charge is -2.42. The smallest absolute Gasteiger partial charge is 0.219 e. The van der Waals surface area contributed by atoms with Gasteiger partial charge in [-0.1, -0.05) is 30.3 Å². The Hall–Kier alpha value is -2.18. The van der Waals surface area contributed by atoms with Crippen LogP contribution in [0.4, 0.5) is 0 Å². The van der Waals surface area contributed by atoms with Crippen LogP contribution in [0.5, 0.6) is 0 Å². The summed E-state index contributed by atoms with van der Waals surface area (Å²) < 4.78 is 2.63. The first kappa shape index (κ1) is 22.3. The molecule has 5 heterocycles. The van der Waals surface area contributed by atoms with Crippen molar-refractivity contribution >= 4 is 5.91 Å². The highest BCUT2D eigenvalue weighted by atomic mass is 16.2. The lowest BCUT2D eigenvalue weighted by atomic mass is 9.87. The Bertz CT molecular complexity index is 1030. The second kappa shape index (κ2) is 8.80. The Morgan fingerprint density at radius 3 is 2.50 bits per heavy atom. The number of piperidine rings is 1. The van der Waals surface area contributed by atoms with Crippen LogP contribution in [-0.2, 0) is 17.8 Å². The number of likely N-dealkylation sites (tertiary alicyclic amines) is 1. The predicted octanol–water partition coefficient (Wildman–Crippen LogP) is 3.61. The number of aromatic nitrogens is 2. The molecule has 0 aliphatic carbocycles. The summed E-state index contributed by atoms with van der Waals surface area (Å²) in [5.41, 5.74) is 4.21. The van der Waals surface area contributed by atoms with Crippen molar-refractivity contribution in [3.05, 3.63) is 53.1 Å². The van der Waals surface area contributed by atoms with E-state index in [9.17, 15) is 4.79 Å². The van der Waals surface area contributed by atoms with Crippen molar-refractivity contribution in [3.8, 4) is 0 Å². The molecule has 1 aromatic heterocycles. The molecule has 1 aromatic carbocycles. The van der Waals surface area contributed by atoms with Gasteiger partial charge in [-0.25, -0.2) is 4.98 Å².